The highest BCUT2D eigenvalue weighted by Crippen LogP contribution is 2.43. The van der Waals surface area contributed by atoms with Crippen LogP contribution in [0, 0.1) is 12.7 Å². The quantitative estimate of drug-likeness (QED) is 0.685. The minimum Gasteiger partial charge on any atom is -0.319 e. The summed E-state index contributed by atoms with van der Waals surface area (Å²) in [7, 11) is 0. The van der Waals surface area contributed by atoms with Crippen LogP contribution in [0.2, 0.25) is 0 Å². The second kappa shape index (κ2) is 2.73. The molecule has 0 aliphatic heterocycles. The number of alkyl halides is 2. The van der Waals surface area contributed by atoms with Crippen molar-refractivity contribution in [3.05, 3.63) is 34.6 Å². The number of rotatable bonds is 0. The van der Waals surface area contributed by atoms with Gasteiger partial charge in [0.2, 0.25) is 0 Å². The van der Waals surface area contributed by atoms with E-state index in [9.17, 15) is 13.2 Å². The Kier molecular flexibility index (Phi) is 1.86. The molecular formula is C10H10F3N. The van der Waals surface area contributed by atoms with Crippen molar-refractivity contribution in [3.63, 3.8) is 0 Å². The van der Waals surface area contributed by atoms with Crippen LogP contribution in [0.15, 0.2) is 12.1 Å². The van der Waals surface area contributed by atoms with Crippen LogP contribution in [-0.2, 0) is 6.42 Å². The predicted octanol–water partition coefficient (Wildman–Crippen LogP) is 2.33. The van der Waals surface area contributed by atoms with Crippen LogP contribution in [0.4, 0.5) is 13.2 Å². The maximum absolute atomic E-state index is 13.2. The highest BCUT2D eigenvalue weighted by Gasteiger charge is 2.47. The lowest BCUT2D eigenvalue weighted by molar-refractivity contribution is -0.0139. The molecule has 0 heterocycles. The van der Waals surface area contributed by atoms with Crippen molar-refractivity contribution in [3.8, 4) is 0 Å². The fourth-order valence-electron chi connectivity index (χ4n) is 1.92. The summed E-state index contributed by atoms with van der Waals surface area (Å²) in [4.78, 5) is 0. The molecule has 2 N–H and O–H groups in total. The lowest BCUT2D eigenvalue weighted by Crippen LogP contribution is -2.29. The van der Waals surface area contributed by atoms with E-state index in [0.29, 0.717) is 5.56 Å². The van der Waals surface area contributed by atoms with E-state index in [2.05, 4.69) is 0 Å². The lowest BCUT2D eigenvalue weighted by Gasteiger charge is -2.15. The summed E-state index contributed by atoms with van der Waals surface area (Å²) in [6.07, 6.45) is -0.586. The number of benzene rings is 1. The third kappa shape index (κ3) is 1.14. The number of fused-ring (bicyclic) bond motifs is 1. The van der Waals surface area contributed by atoms with Gasteiger partial charge in [0.25, 0.3) is 5.92 Å². The molecule has 14 heavy (non-hydrogen) atoms. The zero-order valence-corrected chi connectivity index (χ0v) is 7.65. The third-order valence-electron chi connectivity index (χ3n) is 2.70. The summed E-state index contributed by atoms with van der Waals surface area (Å²) < 4.78 is 39.6. The van der Waals surface area contributed by atoms with Crippen LogP contribution in [-0.4, -0.2) is 5.92 Å². The van der Waals surface area contributed by atoms with Gasteiger partial charge in [-0.25, -0.2) is 13.2 Å². The summed E-state index contributed by atoms with van der Waals surface area (Å²) in [5.41, 5.74) is 6.35. The average Bonchev–Trinajstić information content (AvgIpc) is 2.33. The molecule has 76 valence electrons. The molecule has 0 saturated carbocycles. The number of hydrogen-bond acceptors (Lipinski definition) is 1. The van der Waals surface area contributed by atoms with Crippen LogP contribution in [0.5, 0.6) is 0 Å². The fraction of sp³-hybridized carbons (Fsp3) is 0.400. The van der Waals surface area contributed by atoms with Gasteiger partial charge in [-0.05, 0) is 29.7 Å². The first-order valence-electron chi connectivity index (χ1n) is 4.35. The Morgan fingerprint density at radius 3 is 2.64 bits per heavy atom. The van der Waals surface area contributed by atoms with Crippen LogP contribution in [0.25, 0.3) is 0 Å². The van der Waals surface area contributed by atoms with Crippen molar-refractivity contribution in [1.82, 2.24) is 0 Å². The Bertz CT molecular complexity index is 387. The number of halogens is 3. The van der Waals surface area contributed by atoms with Gasteiger partial charge in [-0.3, -0.25) is 0 Å². The highest BCUT2D eigenvalue weighted by molar-refractivity contribution is 5.44. The van der Waals surface area contributed by atoms with E-state index in [-0.39, 0.29) is 11.1 Å². The molecule has 0 saturated heterocycles. The first kappa shape index (κ1) is 9.52. The minimum absolute atomic E-state index is 0.0718. The van der Waals surface area contributed by atoms with Gasteiger partial charge in [0.15, 0.2) is 0 Å². The van der Waals surface area contributed by atoms with E-state index < -0.39 is 24.2 Å². The number of hydrogen-bond donors (Lipinski definition) is 1. The Balaban J connectivity index is 2.64. The zero-order valence-electron chi connectivity index (χ0n) is 7.65. The van der Waals surface area contributed by atoms with E-state index in [4.69, 9.17) is 5.73 Å². The Morgan fingerprint density at radius 1 is 1.43 bits per heavy atom. The summed E-state index contributed by atoms with van der Waals surface area (Å²) >= 11 is 0. The van der Waals surface area contributed by atoms with Crippen molar-refractivity contribution < 1.29 is 13.2 Å². The summed E-state index contributed by atoms with van der Waals surface area (Å²) in [5.74, 6) is -3.60. The number of aryl methyl sites for hydroxylation is 1. The van der Waals surface area contributed by atoms with Gasteiger partial charge in [0, 0.05) is 6.42 Å². The molecule has 1 nitrogen and oxygen atoms in total. The van der Waals surface area contributed by atoms with E-state index >= 15 is 0 Å². The van der Waals surface area contributed by atoms with Gasteiger partial charge in [0.1, 0.15) is 5.82 Å². The number of nitrogens with two attached hydrogens (primary N) is 1. The summed E-state index contributed by atoms with van der Waals surface area (Å²) in [6.45, 7) is 1.67. The van der Waals surface area contributed by atoms with Crippen LogP contribution >= 0.6 is 0 Å². The Morgan fingerprint density at radius 2 is 2.07 bits per heavy atom. The predicted molar refractivity (Wildman–Crippen MR) is 46.7 cm³/mol. The van der Waals surface area contributed by atoms with E-state index in [0.717, 1.165) is 0 Å². The van der Waals surface area contributed by atoms with E-state index in [1.54, 1.807) is 6.92 Å². The van der Waals surface area contributed by atoms with Crippen LogP contribution in [0.3, 0.4) is 0 Å². The first-order chi connectivity index (χ1) is 6.43. The molecule has 0 bridgehead atoms. The molecule has 1 unspecified atom stereocenters. The highest BCUT2D eigenvalue weighted by atomic mass is 19.3. The molecule has 1 atom stereocenters. The van der Waals surface area contributed by atoms with Crippen molar-refractivity contribution >= 4 is 0 Å². The molecule has 0 amide bonds. The monoisotopic (exact) mass is 201 g/mol. The molecule has 4 heteroatoms. The maximum atomic E-state index is 13.2. The first-order valence-corrected chi connectivity index (χ1v) is 4.35. The fourth-order valence-corrected chi connectivity index (χ4v) is 1.92. The second-order valence-corrected chi connectivity index (χ2v) is 3.67. The standard InChI is InChI=1S/C10H10F3N/c1-5-2-3-7(11)6-4-10(12,13)9(14)8(5)6/h2-3,9H,4,14H2,1H3. The third-order valence-corrected chi connectivity index (χ3v) is 2.70. The van der Waals surface area contributed by atoms with Gasteiger partial charge >= 0.3 is 0 Å². The second-order valence-electron chi connectivity index (χ2n) is 3.67. The molecule has 0 aromatic heterocycles. The van der Waals surface area contributed by atoms with Gasteiger partial charge in [-0.1, -0.05) is 6.07 Å². The SMILES string of the molecule is Cc1ccc(F)c2c1C(N)C(F)(F)C2. The average molecular weight is 201 g/mol. The molecule has 0 fully saturated rings. The topological polar surface area (TPSA) is 26.0 Å². The molecule has 1 aromatic rings. The molecule has 2 rings (SSSR count). The summed E-state index contributed by atoms with van der Waals surface area (Å²) in [5, 5.41) is 0. The Labute approximate surface area is 79.7 Å². The molecule has 0 spiro atoms. The zero-order chi connectivity index (χ0) is 10.5. The lowest BCUT2D eigenvalue weighted by atomic mass is 10.0. The van der Waals surface area contributed by atoms with Gasteiger partial charge in [-0.2, -0.15) is 0 Å². The summed E-state index contributed by atoms with van der Waals surface area (Å²) in [6, 6.07) is 1.32. The molecule has 1 aliphatic carbocycles. The van der Waals surface area contributed by atoms with Crippen molar-refractivity contribution in [2.24, 2.45) is 5.73 Å². The molecule has 1 aliphatic rings. The smallest absolute Gasteiger partial charge is 0.271 e. The van der Waals surface area contributed by atoms with E-state index in [1.807, 2.05) is 0 Å². The largest absolute Gasteiger partial charge is 0.319 e. The minimum atomic E-state index is -3.02. The maximum Gasteiger partial charge on any atom is 0.271 e. The van der Waals surface area contributed by atoms with Crippen molar-refractivity contribution in [1.29, 1.82) is 0 Å². The Hall–Kier alpha value is -1.03. The normalized spacial score (nSPS) is 23.6. The van der Waals surface area contributed by atoms with Crippen LogP contribution < -0.4 is 5.73 Å². The van der Waals surface area contributed by atoms with Crippen LogP contribution in [0.1, 0.15) is 22.7 Å². The van der Waals surface area contributed by atoms with E-state index in [1.165, 1.54) is 12.1 Å². The van der Waals surface area contributed by atoms with Gasteiger partial charge in [-0.15, -0.1) is 0 Å². The van der Waals surface area contributed by atoms with Crippen molar-refractivity contribution in [2.45, 2.75) is 25.3 Å². The van der Waals surface area contributed by atoms with Crippen molar-refractivity contribution in [2.75, 3.05) is 0 Å². The van der Waals surface area contributed by atoms with Gasteiger partial charge < -0.3 is 5.73 Å². The molecular weight excluding hydrogens is 191 g/mol. The molecule has 0 radical (unpaired) electrons. The molecule has 1 aromatic carbocycles. The van der Waals surface area contributed by atoms with Gasteiger partial charge in [0.05, 0.1) is 6.04 Å².